The number of amides is 1. The van der Waals surface area contributed by atoms with Crippen LogP contribution in [0.3, 0.4) is 0 Å². The van der Waals surface area contributed by atoms with Gasteiger partial charge in [-0.1, -0.05) is 44.4 Å². The minimum absolute atomic E-state index is 0.0407. The number of carbonyl (C=O) groups excluding carboxylic acids is 1. The summed E-state index contributed by atoms with van der Waals surface area (Å²) in [7, 11) is 0. The molecule has 2 rings (SSSR count). The first-order valence-corrected chi connectivity index (χ1v) is 7.29. The summed E-state index contributed by atoms with van der Waals surface area (Å²) >= 11 is 0. The van der Waals surface area contributed by atoms with Gasteiger partial charge in [-0.05, 0) is 24.5 Å². The zero-order valence-electron chi connectivity index (χ0n) is 11.7. The standard InChI is InChI=1S/C16H23NO2/c1-2-3-4-7-10-17-16(18)14-11-13-8-5-6-9-15(13)19-12-14/h5-6,8-9,14H,2-4,7,10-12H2,1H3,(H,17,18). The SMILES string of the molecule is CCCCCCNC(=O)C1COc2ccccc2C1. The van der Waals surface area contributed by atoms with Gasteiger partial charge in [0.1, 0.15) is 12.4 Å². The van der Waals surface area contributed by atoms with Gasteiger partial charge in [0.25, 0.3) is 0 Å². The first-order chi connectivity index (χ1) is 9.31. The molecule has 0 bridgehead atoms. The second kappa shape index (κ2) is 7.17. The fourth-order valence-electron chi connectivity index (χ4n) is 2.40. The molecule has 0 spiro atoms. The van der Waals surface area contributed by atoms with Crippen molar-refractivity contribution in [3.8, 4) is 5.75 Å². The van der Waals surface area contributed by atoms with E-state index in [1.807, 2.05) is 24.3 Å². The van der Waals surface area contributed by atoms with E-state index >= 15 is 0 Å². The van der Waals surface area contributed by atoms with Crippen LogP contribution in [0.15, 0.2) is 24.3 Å². The van der Waals surface area contributed by atoms with E-state index in [2.05, 4.69) is 12.2 Å². The number of rotatable bonds is 6. The molecule has 1 aromatic carbocycles. The normalized spacial score (nSPS) is 17.4. The van der Waals surface area contributed by atoms with Gasteiger partial charge in [0.05, 0.1) is 5.92 Å². The highest BCUT2D eigenvalue weighted by molar-refractivity contribution is 5.79. The van der Waals surface area contributed by atoms with E-state index in [4.69, 9.17) is 4.74 Å². The molecule has 1 amide bonds. The molecule has 0 aliphatic carbocycles. The monoisotopic (exact) mass is 261 g/mol. The van der Waals surface area contributed by atoms with Gasteiger partial charge in [-0.3, -0.25) is 4.79 Å². The Labute approximate surface area is 115 Å². The summed E-state index contributed by atoms with van der Waals surface area (Å²) < 4.78 is 5.64. The van der Waals surface area contributed by atoms with Crippen molar-refractivity contribution in [1.82, 2.24) is 5.32 Å². The number of benzene rings is 1. The molecule has 0 saturated carbocycles. The maximum absolute atomic E-state index is 12.0. The van der Waals surface area contributed by atoms with Crippen molar-refractivity contribution in [2.24, 2.45) is 5.92 Å². The number of para-hydroxylation sites is 1. The number of unbranched alkanes of at least 4 members (excludes halogenated alkanes) is 3. The third-order valence-corrected chi connectivity index (χ3v) is 3.58. The molecule has 19 heavy (non-hydrogen) atoms. The Balaban J connectivity index is 1.76. The van der Waals surface area contributed by atoms with E-state index in [1.54, 1.807) is 0 Å². The fraction of sp³-hybridized carbons (Fsp3) is 0.562. The maximum Gasteiger partial charge on any atom is 0.226 e. The Morgan fingerprint density at radius 2 is 2.16 bits per heavy atom. The van der Waals surface area contributed by atoms with Crippen molar-refractivity contribution >= 4 is 5.91 Å². The lowest BCUT2D eigenvalue weighted by Gasteiger charge is -2.24. The van der Waals surface area contributed by atoms with Crippen LogP contribution in [0.5, 0.6) is 5.75 Å². The Morgan fingerprint density at radius 1 is 1.32 bits per heavy atom. The first kappa shape index (κ1) is 13.9. The Hall–Kier alpha value is -1.51. The molecule has 0 radical (unpaired) electrons. The summed E-state index contributed by atoms with van der Waals surface area (Å²) in [5.74, 6) is 1.02. The van der Waals surface area contributed by atoms with E-state index in [0.717, 1.165) is 30.7 Å². The molecule has 104 valence electrons. The molecule has 1 unspecified atom stereocenters. The van der Waals surface area contributed by atoms with Crippen LogP contribution in [0.1, 0.15) is 38.2 Å². The van der Waals surface area contributed by atoms with Gasteiger partial charge in [0.15, 0.2) is 0 Å². The Bertz CT molecular complexity index is 417. The molecule has 1 N–H and O–H groups in total. The molecule has 0 fully saturated rings. The summed E-state index contributed by atoms with van der Waals surface area (Å²) in [6.07, 6.45) is 5.53. The largest absolute Gasteiger partial charge is 0.492 e. The molecular weight excluding hydrogens is 238 g/mol. The lowest BCUT2D eigenvalue weighted by molar-refractivity contribution is -0.126. The average molecular weight is 261 g/mol. The zero-order chi connectivity index (χ0) is 13.5. The van der Waals surface area contributed by atoms with E-state index in [0.29, 0.717) is 6.61 Å². The van der Waals surface area contributed by atoms with Crippen molar-refractivity contribution < 1.29 is 9.53 Å². The number of hydrogen-bond acceptors (Lipinski definition) is 2. The van der Waals surface area contributed by atoms with Crippen molar-refractivity contribution in [2.45, 2.75) is 39.0 Å². The topological polar surface area (TPSA) is 38.3 Å². The lowest BCUT2D eigenvalue weighted by atomic mass is 9.96. The summed E-state index contributed by atoms with van der Waals surface area (Å²) in [5.41, 5.74) is 1.14. The third-order valence-electron chi connectivity index (χ3n) is 3.58. The number of fused-ring (bicyclic) bond motifs is 1. The predicted octanol–water partition coefficient (Wildman–Crippen LogP) is 2.93. The highest BCUT2D eigenvalue weighted by Gasteiger charge is 2.25. The van der Waals surface area contributed by atoms with E-state index in [-0.39, 0.29) is 11.8 Å². The van der Waals surface area contributed by atoms with Crippen LogP contribution in [-0.4, -0.2) is 19.1 Å². The highest BCUT2D eigenvalue weighted by Crippen LogP contribution is 2.26. The molecule has 3 nitrogen and oxygen atoms in total. The van der Waals surface area contributed by atoms with Gasteiger partial charge in [-0.15, -0.1) is 0 Å². The molecule has 1 aliphatic heterocycles. The van der Waals surface area contributed by atoms with Crippen LogP contribution in [-0.2, 0) is 11.2 Å². The predicted molar refractivity (Wildman–Crippen MR) is 76.3 cm³/mol. The van der Waals surface area contributed by atoms with Gasteiger partial charge in [0.2, 0.25) is 5.91 Å². The quantitative estimate of drug-likeness (QED) is 0.800. The molecule has 1 heterocycles. The second-order valence-corrected chi connectivity index (χ2v) is 5.17. The lowest BCUT2D eigenvalue weighted by Crippen LogP contribution is -2.37. The number of hydrogen-bond donors (Lipinski definition) is 1. The summed E-state index contributed by atoms with van der Waals surface area (Å²) in [5, 5.41) is 3.02. The minimum Gasteiger partial charge on any atom is -0.492 e. The van der Waals surface area contributed by atoms with Gasteiger partial charge in [-0.25, -0.2) is 0 Å². The van der Waals surface area contributed by atoms with E-state index in [9.17, 15) is 4.79 Å². The van der Waals surface area contributed by atoms with Crippen LogP contribution < -0.4 is 10.1 Å². The fourth-order valence-corrected chi connectivity index (χ4v) is 2.40. The smallest absolute Gasteiger partial charge is 0.226 e. The minimum atomic E-state index is -0.0407. The summed E-state index contributed by atoms with van der Waals surface area (Å²) in [4.78, 5) is 12.0. The van der Waals surface area contributed by atoms with Crippen LogP contribution in [0.2, 0.25) is 0 Å². The van der Waals surface area contributed by atoms with Crippen molar-refractivity contribution in [1.29, 1.82) is 0 Å². The summed E-state index contributed by atoms with van der Waals surface area (Å²) in [6.45, 7) is 3.48. The molecule has 1 aliphatic rings. The second-order valence-electron chi connectivity index (χ2n) is 5.17. The van der Waals surface area contributed by atoms with E-state index < -0.39 is 0 Å². The van der Waals surface area contributed by atoms with E-state index in [1.165, 1.54) is 19.3 Å². The third kappa shape index (κ3) is 3.98. The molecule has 1 atom stereocenters. The molecule has 0 aromatic heterocycles. The number of carbonyl (C=O) groups is 1. The molecule has 1 aromatic rings. The number of nitrogens with one attached hydrogen (secondary N) is 1. The van der Waals surface area contributed by atoms with Gasteiger partial charge in [-0.2, -0.15) is 0 Å². The number of ether oxygens (including phenoxy) is 1. The van der Waals surface area contributed by atoms with Crippen LogP contribution in [0.4, 0.5) is 0 Å². The van der Waals surface area contributed by atoms with Gasteiger partial charge < -0.3 is 10.1 Å². The van der Waals surface area contributed by atoms with Crippen LogP contribution in [0, 0.1) is 5.92 Å². The van der Waals surface area contributed by atoms with Gasteiger partial charge in [0, 0.05) is 6.54 Å². The average Bonchev–Trinajstić information content (AvgIpc) is 2.46. The highest BCUT2D eigenvalue weighted by atomic mass is 16.5. The van der Waals surface area contributed by atoms with Crippen molar-refractivity contribution in [2.75, 3.05) is 13.2 Å². The summed E-state index contributed by atoms with van der Waals surface area (Å²) in [6, 6.07) is 7.96. The first-order valence-electron chi connectivity index (χ1n) is 7.29. The van der Waals surface area contributed by atoms with Gasteiger partial charge >= 0.3 is 0 Å². The molecular formula is C16H23NO2. The van der Waals surface area contributed by atoms with Crippen molar-refractivity contribution in [3.63, 3.8) is 0 Å². The van der Waals surface area contributed by atoms with Crippen LogP contribution in [0.25, 0.3) is 0 Å². The van der Waals surface area contributed by atoms with Crippen molar-refractivity contribution in [3.05, 3.63) is 29.8 Å². The zero-order valence-corrected chi connectivity index (χ0v) is 11.7. The van der Waals surface area contributed by atoms with Crippen LogP contribution >= 0.6 is 0 Å². The molecule has 3 heteroatoms. The maximum atomic E-state index is 12.0. The molecule has 0 saturated heterocycles. The Morgan fingerprint density at radius 3 is 3.00 bits per heavy atom. The Kier molecular flexibility index (Phi) is 5.25.